The molecule has 5 rings (SSSR count). The van der Waals surface area contributed by atoms with Gasteiger partial charge in [-0.3, -0.25) is 13.9 Å². The van der Waals surface area contributed by atoms with Crippen molar-refractivity contribution in [2.24, 2.45) is 14.1 Å². The van der Waals surface area contributed by atoms with Crippen LogP contribution in [-0.4, -0.2) is 13.7 Å². The van der Waals surface area contributed by atoms with Gasteiger partial charge >= 0.3 is 5.69 Å². The Hall–Kier alpha value is -4.32. The maximum absolute atomic E-state index is 13.7. The molecule has 0 amide bonds. The molecule has 0 fully saturated rings. The Balaban J connectivity index is 2.09. The van der Waals surface area contributed by atoms with Crippen LogP contribution in [0.15, 0.2) is 88.5 Å². The van der Waals surface area contributed by atoms with E-state index in [1.54, 1.807) is 17.7 Å². The number of rotatable bonds is 4. The van der Waals surface area contributed by atoms with Gasteiger partial charge in [-0.2, -0.15) is 0 Å². The number of nitrogens with one attached hydrogen (secondary N) is 1. The highest BCUT2D eigenvalue weighted by Crippen LogP contribution is 2.46. The summed E-state index contributed by atoms with van der Waals surface area (Å²) in [6, 6.07) is 13.9. The minimum Gasteiger partial charge on any atom is -0.371 e. The molecule has 0 saturated heterocycles. The topological polar surface area (TPSA) is 61.0 Å². The first-order valence-electron chi connectivity index (χ1n) is 12.0. The summed E-state index contributed by atoms with van der Waals surface area (Å²) in [7, 11) is 3.27. The molecule has 1 aliphatic rings. The molecule has 4 aromatic rings. The molecule has 2 aromatic heterocycles. The zero-order chi connectivity index (χ0) is 25.7. The first-order valence-corrected chi connectivity index (χ1v) is 12.0. The van der Waals surface area contributed by atoms with Crippen molar-refractivity contribution in [3.05, 3.63) is 117 Å². The average molecular weight is 479 g/mol. The summed E-state index contributed by atoms with van der Waals surface area (Å²) >= 11 is 0. The smallest absolute Gasteiger partial charge is 0.331 e. The number of hydrogen-bond acceptors (Lipinski definition) is 3. The number of allylic oxidation sites excluding steroid dienone is 3. The molecule has 6 nitrogen and oxygen atoms in total. The minimum absolute atomic E-state index is 0.307. The van der Waals surface area contributed by atoms with Gasteiger partial charge in [-0.25, -0.2) is 4.79 Å². The molecule has 0 spiro atoms. The Labute approximate surface area is 210 Å². The van der Waals surface area contributed by atoms with Crippen molar-refractivity contribution in [2.75, 3.05) is 5.32 Å². The summed E-state index contributed by atoms with van der Waals surface area (Å²) in [5.41, 5.74) is 7.72. The first-order chi connectivity index (χ1) is 17.3. The van der Waals surface area contributed by atoms with Gasteiger partial charge in [0.25, 0.3) is 5.56 Å². The minimum atomic E-state index is -0.356. The third kappa shape index (κ3) is 3.33. The van der Waals surface area contributed by atoms with Crippen LogP contribution in [0.5, 0.6) is 0 Å². The Morgan fingerprint density at radius 2 is 1.72 bits per heavy atom. The Kier molecular flexibility index (Phi) is 5.67. The number of aryl methyl sites for hydroxylation is 3. The van der Waals surface area contributed by atoms with Crippen LogP contribution in [0, 0.1) is 13.8 Å². The zero-order valence-corrected chi connectivity index (χ0v) is 21.3. The number of nitrogens with zero attached hydrogens (tertiary/aromatic N) is 3. The maximum atomic E-state index is 13.7. The summed E-state index contributed by atoms with van der Waals surface area (Å²) in [4.78, 5) is 26.9. The molecule has 1 N–H and O–H groups in total. The average Bonchev–Trinajstić information content (AvgIpc) is 3.23. The fourth-order valence-electron chi connectivity index (χ4n) is 5.22. The van der Waals surface area contributed by atoms with Gasteiger partial charge in [-0.05, 0) is 55.2 Å². The van der Waals surface area contributed by atoms with Crippen LogP contribution in [0.25, 0.3) is 27.8 Å². The first kappa shape index (κ1) is 23.4. The van der Waals surface area contributed by atoms with Crippen LogP contribution < -0.4 is 16.6 Å². The van der Waals surface area contributed by atoms with E-state index in [4.69, 9.17) is 0 Å². The van der Waals surface area contributed by atoms with Gasteiger partial charge in [0.2, 0.25) is 0 Å². The van der Waals surface area contributed by atoms with Crippen LogP contribution in [0.2, 0.25) is 0 Å². The maximum Gasteiger partial charge on any atom is 0.331 e. The van der Waals surface area contributed by atoms with E-state index in [0.29, 0.717) is 10.9 Å². The van der Waals surface area contributed by atoms with Crippen LogP contribution in [-0.2, 0) is 14.1 Å². The van der Waals surface area contributed by atoms with E-state index < -0.39 is 0 Å². The summed E-state index contributed by atoms with van der Waals surface area (Å²) in [5, 5.41) is 4.24. The molecule has 0 saturated carbocycles. The lowest BCUT2D eigenvalue weighted by molar-refractivity contribution is 0.708. The molecule has 182 valence electrons. The summed E-state index contributed by atoms with van der Waals surface area (Å²) < 4.78 is 4.96. The predicted molar refractivity (Wildman–Crippen MR) is 148 cm³/mol. The molecule has 1 unspecified atom stereocenters. The third-order valence-corrected chi connectivity index (χ3v) is 7.08. The second kappa shape index (κ2) is 8.72. The van der Waals surface area contributed by atoms with Crippen molar-refractivity contribution < 1.29 is 0 Å². The van der Waals surface area contributed by atoms with Crippen molar-refractivity contribution in [1.82, 2.24) is 13.7 Å². The van der Waals surface area contributed by atoms with Gasteiger partial charge in [0, 0.05) is 14.1 Å². The number of fused-ring (bicyclic) bond motifs is 5. The fourth-order valence-corrected chi connectivity index (χ4v) is 5.22. The molecule has 0 radical (unpaired) electrons. The summed E-state index contributed by atoms with van der Waals surface area (Å²) in [6.45, 7) is 10.1. The Bertz CT molecular complexity index is 1710. The molecule has 0 bridgehead atoms. The van der Waals surface area contributed by atoms with E-state index >= 15 is 0 Å². The second-order valence-corrected chi connectivity index (χ2v) is 9.30. The van der Waals surface area contributed by atoms with Gasteiger partial charge in [0.15, 0.2) is 0 Å². The summed E-state index contributed by atoms with van der Waals surface area (Å²) in [5.74, 6) is 0. The van der Waals surface area contributed by atoms with Crippen LogP contribution >= 0.6 is 0 Å². The van der Waals surface area contributed by atoms with Crippen molar-refractivity contribution in [3.63, 3.8) is 0 Å². The van der Waals surface area contributed by atoms with E-state index in [-0.39, 0.29) is 17.3 Å². The van der Waals surface area contributed by atoms with Gasteiger partial charge in [0.1, 0.15) is 0 Å². The molecular weight excluding hydrogens is 448 g/mol. The standard InChI is InChI=1S/C30H30N4O2/c1-7-12-20(13-8-2)25-28-27-24(29(35)33(6)30(36)32(27)5)26(21-14-10-9-11-15-21)34(28)23-17-19(4)18(3)16-22(23)31-25/h7-17,25,31H,1H2,2-6H3/b13-8-,20-12+. The Morgan fingerprint density at radius 3 is 2.39 bits per heavy atom. The van der Waals surface area contributed by atoms with Crippen molar-refractivity contribution in [2.45, 2.75) is 26.8 Å². The molecule has 3 heterocycles. The summed E-state index contributed by atoms with van der Waals surface area (Å²) in [6.07, 6.45) is 7.75. The van der Waals surface area contributed by atoms with Gasteiger partial charge in [-0.15, -0.1) is 0 Å². The molecular formula is C30H30N4O2. The molecule has 0 aliphatic carbocycles. The highest BCUT2D eigenvalue weighted by molar-refractivity contribution is 5.99. The van der Waals surface area contributed by atoms with Crippen LogP contribution in [0.3, 0.4) is 0 Å². The highest BCUT2D eigenvalue weighted by atomic mass is 16.2. The van der Waals surface area contributed by atoms with E-state index in [0.717, 1.165) is 39.5 Å². The lowest BCUT2D eigenvalue weighted by Gasteiger charge is -2.32. The number of aromatic nitrogens is 3. The van der Waals surface area contributed by atoms with E-state index in [2.05, 4.69) is 42.4 Å². The van der Waals surface area contributed by atoms with Gasteiger partial charge in [0.05, 0.1) is 39.7 Å². The van der Waals surface area contributed by atoms with Crippen molar-refractivity contribution in [1.29, 1.82) is 0 Å². The van der Waals surface area contributed by atoms with Gasteiger partial charge in [-0.1, -0.05) is 61.2 Å². The van der Waals surface area contributed by atoms with E-state index in [1.165, 1.54) is 17.2 Å². The van der Waals surface area contributed by atoms with Crippen LogP contribution in [0.1, 0.15) is 29.8 Å². The van der Waals surface area contributed by atoms with E-state index in [9.17, 15) is 9.59 Å². The van der Waals surface area contributed by atoms with E-state index in [1.807, 2.05) is 55.5 Å². The molecule has 36 heavy (non-hydrogen) atoms. The van der Waals surface area contributed by atoms with Crippen molar-refractivity contribution >= 4 is 16.6 Å². The SMILES string of the molecule is C=C/C=C(\C=C/C)C1Nc2cc(C)c(C)cc2-n2c(-c3ccccc3)c3c(=O)n(C)c(=O)n(C)c3c21. The Morgan fingerprint density at radius 1 is 1.03 bits per heavy atom. The number of anilines is 1. The molecule has 1 atom stereocenters. The zero-order valence-electron chi connectivity index (χ0n) is 21.3. The fraction of sp³-hybridized carbons (Fsp3) is 0.200. The lowest BCUT2D eigenvalue weighted by atomic mass is 9.97. The molecule has 2 aromatic carbocycles. The molecule has 1 aliphatic heterocycles. The normalized spacial score (nSPS) is 15.1. The number of benzene rings is 2. The number of hydrogen-bond donors (Lipinski definition) is 1. The van der Waals surface area contributed by atoms with Crippen molar-refractivity contribution in [3.8, 4) is 16.9 Å². The second-order valence-electron chi connectivity index (χ2n) is 9.30. The van der Waals surface area contributed by atoms with Gasteiger partial charge < -0.3 is 9.88 Å². The third-order valence-electron chi connectivity index (χ3n) is 7.08. The van der Waals surface area contributed by atoms with Crippen LogP contribution in [0.4, 0.5) is 5.69 Å². The quantitative estimate of drug-likeness (QED) is 0.396. The lowest BCUT2D eigenvalue weighted by Crippen LogP contribution is -2.37. The monoisotopic (exact) mass is 478 g/mol. The largest absolute Gasteiger partial charge is 0.371 e. The predicted octanol–water partition coefficient (Wildman–Crippen LogP) is 5.47. The molecule has 6 heteroatoms. The highest BCUT2D eigenvalue weighted by Gasteiger charge is 2.35.